The summed E-state index contributed by atoms with van der Waals surface area (Å²) in [6.45, 7) is 0. The van der Waals surface area contributed by atoms with Crippen molar-refractivity contribution in [3.8, 4) is 0 Å². The van der Waals surface area contributed by atoms with Gasteiger partial charge in [0, 0.05) is 5.39 Å². The third-order valence-electron chi connectivity index (χ3n) is 3.05. The van der Waals surface area contributed by atoms with Gasteiger partial charge in [-0.05, 0) is 34.4 Å². The average Bonchev–Trinajstić information content (AvgIpc) is 2.34. The van der Waals surface area contributed by atoms with Crippen LogP contribution in [0, 0.1) is 0 Å². The van der Waals surface area contributed by atoms with Gasteiger partial charge < -0.3 is 1.43 Å². The van der Waals surface area contributed by atoms with Gasteiger partial charge in [0.25, 0.3) is 10.1 Å². The van der Waals surface area contributed by atoms with Crippen molar-refractivity contribution in [2.75, 3.05) is 0 Å². The smallest absolute Gasteiger partial charge is 1.00 e. The molecule has 6 heteroatoms. The van der Waals surface area contributed by atoms with Gasteiger partial charge in [-0.1, -0.05) is 41.9 Å². The van der Waals surface area contributed by atoms with Gasteiger partial charge in [-0.3, -0.25) is 4.55 Å². The summed E-state index contributed by atoms with van der Waals surface area (Å²) in [5.74, 6) is 0. The molecule has 20 heavy (non-hydrogen) atoms. The number of benzene rings is 3. The van der Waals surface area contributed by atoms with Gasteiger partial charge in [-0.15, -0.1) is 0 Å². The minimum Gasteiger partial charge on any atom is -1.00 e. The Bertz CT molecular complexity index is 913. The number of rotatable bonds is 1. The third-order valence-corrected chi connectivity index (χ3v) is 4.43. The molecule has 3 nitrogen and oxygen atoms in total. The van der Waals surface area contributed by atoms with Gasteiger partial charge >= 0.3 is 29.6 Å². The zero-order valence-electron chi connectivity index (χ0n) is 11.7. The van der Waals surface area contributed by atoms with E-state index in [1.54, 1.807) is 12.1 Å². The van der Waals surface area contributed by atoms with Gasteiger partial charge in [0.05, 0.1) is 5.02 Å². The van der Waals surface area contributed by atoms with E-state index < -0.39 is 10.1 Å². The van der Waals surface area contributed by atoms with E-state index in [9.17, 15) is 13.0 Å². The molecule has 1 N–H and O–H groups in total. The minimum atomic E-state index is -4.36. The minimum absolute atomic E-state index is 0. The van der Waals surface area contributed by atoms with E-state index in [0.29, 0.717) is 5.39 Å². The van der Waals surface area contributed by atoms with Crippen molar-refractivity contribution in [3.63, 3.8) is 0 Å². The molecule has 3 aromatic rings. The van der Waals surface area contributed by atoms with Crippen LogP contribution >= 0.6 is 11.6 Å². The van der Waals surface area contributed by atoms with E-state index >= 15 is 0 Å². The molecule has 0 aromatic heterocycles. The summed E-state index contributed by atoms with van der Waals surface area (Å²) < 4.78 is 32.3. The topological polar surface area (TPSA) is 54.4 Å². The molecule has 0 atom stereocenters. The van der Waals surface area contributed by atoms with E-state index in [0.717, 1.165) is 16.2 Å². The van der Waals surface area contributed by atoms with E-state index in [1.165, 1.54) is 6.07 Å². The summed E-state index contributed by atoms with van der Waals surface area (Å²) in [6.07, 6.45) is 0. The molecule has 0 amide bonds. The van der Waals surface area contributed by atoms with Crippen molar-refractivity contribution in [1.82, 2.24) is 0 Å². The van der Waals surface area contributed by atoms with Crippen LogP contribution in [0.2, 0.25) is 5.02 Å². The largest absolute Gasteiger partial charge is 1.00 e. The van der Waals surface area contributed by atoms with Crippen LogP contribution in [-0.4, -0.2) is 13.0 Å². The van der Waals surface area contributed by atoms with Crippen molar-refractivity contribution < 1.29 is 44.0 Å². The van der Waals surface area contributed by atoms with Gasteiger partial charge in [-0.2, -0.15) is 8.42 Å². The Morgan fingerprint density at radius 2 is 1.55 bits per heavy atom. The van der Waals surface area contributed by atoms with E-state index in [1.807, 2.05) is 30.3 Å². The zero-order valence-corrected chi connectivity index (χ0v) is 14.2. The van der Waals surface area contributed by atoms with Crippen molar-refractivity contribution in [3.05, 3.63) is 53.6 Å². The molecule has 98 valence electrons. The van der Waals surface area contributed by atoms with E-state index in [4.69, 9.17) is 11.6 Å². The van der Waals surface area contributed by atoms with E-state index in [-0.39, 0.29) is 40.9 Å². The maximum Gasteiger partial charge on any atom is 1.00 e. The van der Waals surface area contributed by atoms with Gasteiger partial charge in [-0.25, -0.2) is 0 Å². The molecule has 0 radical (unpaired) electrons. The van der Waals surface area contributed by atoms with Crippen LogP contribution in [0.5, 0.6) is 0 Å². The van der Waals surface area contributed by atoms with Crippen molar-refractivity contribution >= 4 is 43.3 Å². The Hall–Kier alpha value is -0.620. The van der Waals surface area contributed by atoms with Crippen LogP contribution in [-0.2, 0) is 10.1 Å². The molecule has 0 aliphatic heterocycles. The number of hydrogen-bond acceptors (Lipinski definition) is 2. The summed E-state index contributed by atoms with van der Waals surface area (Å²) in [6, 6.07) is 14.4. The molecule has 0 saturated carbocycles. The molecule has 0 fully saturated rings. The second kappa shape index (κ2) is 5.64. The monoisotopic (exact) mass is 316 g/mol. The van der Waals surface area contributed by atoms with Crippen LogP contribution in [0.1, 0.15) is 1.43 Å². The van der Waals surface area contributed by atoms with Gasteiger partial charge in [0.15, 0.2) is 0 Å². The first kappa shape index (κ1) is 15.8. The van der Waals surface area contributed by atoms with Gasteiger partial charge in [0.1, 0.15) is 4.90 Å². The first-order valence-corrected chi connectivity index (χ1v) is 7.37. The maximum atomic E-state index is 11.5. The van der Waals surface area contributed by atoms with Crippen LogP contribution in [0.25, 0.3) is 21.5 Å². The summed E-state index contributed by atoms with van der Waals surface area (Å²) in [5.41, 5.74) is 0. The molecule has 0 saturated heterocycles. The number of hydrogen-bond donors (Lipinski definition) is 1. The quantitative estimate of drug-likeness (QED) is 0.414. The fourth-order valence-electron chi connectivity index (χ4n) is 2.22. The van der Waals surface area contributed by atoms with Crippen LogP contribution in [0.3, 0.4) is 0 Å². The average molecular weight is 317 g/mol. The second-order valence-corrected chi connectivity index (χ2v) is 6.04. The standard InChI is InChI=1S/C14H9ClO3S.Na.H/c15-13-6-5-11-7-9-3-1-2-4-10(9)8-12(11)14(13)19(16,17)18;;/h1-8H,(H,16,17,18);;/q;+1;-1. The molecule has 0 spiro atoms. The fourth-order valence-corrected chi connectivity index (χ4v) is 3.45. The molecule has 0 aliphatic carbocycles. The Morgan fingerprint density at radius 1 is 0.950 bits per heavy atom. The molecular formula is C14H10ClNaO3S. The molecule has 3 rings (SSSR count). The van der Waals surface area contributed by atoms with Crippen molar-refractivity contribution in [2.45, 2.75) is 4.90 Å². The Labute approximate surface area is 145 Å². The fraction of sp³-hybridized carbons (Fsp3) is 0. The molecule has 3 aromatic carbocycles. The summed E-state index contributed by atoms with van der Waals surface area (Å²) in [4.78, 5) is -0.239. The predicted molar refractivity (Wildman–Crippen MR) is 77.4 cm³/mol. The number of fused-ring (bicyclic) bond motifs is 2. The zero-order chi connectivity index (χ0) is 13.6. The molecular weight excluding hydrogens is 307 g/mol. The van der Waals surface area contributed by atoms with Crippen LogP contribution in [0.4, 0.5) is 0 Å². The second-order valence-electron chi connectivity index (χ2n) is 4.27. The Morgan fingerprint density at radius 3 is 2.15 bits per heavy atom. The van der Waals surface area contributed by atoms with E-state index in [2.05, 4.69) is 0 Å². The van der Waals surface area contributed by atoms with Gasteiger partial charge in [0.2, 0.25) is 0 Å². The molecule has 0 bridgehead atoms. The first-order valence-electron chi connectivity index (χ1n) is 5.55. The van der Waals surface area contributed by atoms with Crippen LogP contribution in [0.15, 0.2) is 53.4 Å². The molecule has 0 heterocycles. The number of halogens is 1. The van der Waals surface area contributed by atoms with Crippen molar-refractivity contribution in [1.29, 1.82) is 0 Å². The third kappa shape index (κ3) is 2.72. The SMILES string of the molecule is O=S(=O)(O)c1c(Cl)ccc2cc3ccccc3cc12.[H-].[Na+]. The molecule has 0 unspecified atom stereocenters. The normalized spacial score (nSPS) is 11.5. The summed E-state index contributed by atoms with van der Waals surface area (Å²) >= 11 is 5.90. The Balaban J connectivity index is 0.00000110. The predicted octanol–water partition coefficient (Wildman–Crippen LogP) is 1.01. The summed E-state index contributed by atoms with van der Waals surface area (Å²) in [5, 5.41) is 3.05. The van der Waals surface area contributed by atoms with Crippen molar-refractivity contribution in [2.24, 2.45) is 0 Å². The van der Waals surface area contributed by atoms with Crippen LogP contribution < -0.4 is 29.6 Å². The maximum absolute atomic E-state index is 11.5. The first-order chi connectivity index (χ1) is 8.97. The Kier molecular flexibility index (Phi) is 4.44. The molecule has 0 aliphatic rings. The summed E-state index contributed by atoms with van der Waals surface area (Å²) in [7, 11) is -4.36.